The maximum Gasteiger partial charge on any atom is 0.328 e. The molecule has 1 heterocycles. The van der Waals surface area contributed by atoms with Gasteiger partial charge in [0.25, 0.3) is 0 Å². The number of nitriles is 1. The molecule has 1 aromatic carbocycles. The summed E-state index contributed by atoms with van der Waals surface area (Å²) in [5, 5.41) is 8.52. The van der Waals surface area contributed by atoms with E-state index in [0.29, 0.717) is 25.9 Å². The number of carbonyl (C=O) groups is 1. The summed E-state index contributed by atoms with van der Waals surface area (Å²) in [5.41, 5.74) is 0.789. The third-order valence-corrected chi connectivity index (χ3v) is 5.37. The van der Waals surface area contributed by atoms with Crippen LogP contribution in [0.5, 0.6) is 0 Å². The zero-order chi connectivity index (χ0) is 16.7. The first-order valence-electron chi connectivity index (χ1n) is 7.56. The Balaban J connectivity index is 2.10. The van der Waals surface area contributed by atoms with Crippen LogP contribution in [0.3, 0.4) is 0 Å². The van der Waals surface area contributed by atoms with Gasteiger partial charge in [-0.25, -0.2) is 13.2 Å². The van der Waals surface area contributed by atoms with Gasteiger partial charge in [0.05, 0.1) is 24.2 Å². The SMILES string of the molecule is N#CCCCOC(=O)[C@@H](c1ccccc1)N1CCS(=O)(=O)CC1. The Morgan fingerprint density at radius 1 is 1.26 bits per heavy atom. The molecule has 0 unspecified atom stereocenters. The standard InChI is InChI=1S/C16H20N2O4S/c17-8-4-5-11-22-16(19)15(14-6-2-1-3-7-14)18-9-12-23(20,21)13-10-18/h1-3,6-7,15H,4-5,9-13H2/t15-/m1/s1. The number of benzene rings is 1. The summed E-state index contributed by atoms with van der Waals surface area (Å²) < 4.78 is 28.5. The van der Waals surface area contributed by atoms with Gasteiger partial charge >= 0.3 is 5.97 Å². The first-order valence-corrected chi connectivity index (χ1v) is 9.38. The second-order valence-electron chi connectivity index (χ2n) is 5.43. The van der Waals surface area contributed by atoms with E-state index in [2.05, 4.69) is 0 Å². The van der Waals surface area contributed by atoms with Crippen LogP contribution in [-0.4, -0.2) is 50.5 Å². The molecule has 23 heavy (non-hydrogen) atoms. The predicted molar refractivity (Wildman–Crippen MR) is 85.2 cm³/mol. The van der Waals surface area contributed by atoms with Crippen molar-refractivity contribution in [2.75, 3.05) is 31.2 Å². The Bertz CT molecular complexity index is 653. The van der Waals surface area contributed by atoms with Crippen LogP contribution in [0.15, 0.2) is 30.3 Å². The second-order valence-corrected chi connectivity index (χ2v) is 7.73. The summed E-state index contributed by atoms with van der Waals surface area (Å²) in [5.74, 6) is -0.288. The minimum absolute atomic E-state index is 0.0536. The molecule has 0 bridgehead atoms. The van der Waals surface area contributed by atoms with Gasteiger partial charge in [-0.15, -0.1) is 0 Å². The summed E-state index contributed by atoms with van der Waals surface area (Å²) in [4.78, 5) is 14.3. The molecule has 0 N–H and O–H groups in total. The zero-order valence-corrected chi connectivity index (χ0v) is 13.7. The van der Waals surface area contributed by atoms with Crippen molar-refractivity contribution in [2.24, 2.45) is 0 Å². The van der Waals surface area contributed by atoms with Crippen LogP contribution in [0.25, 0.3) is 0 Å². The van der Waals surface area contributed by atoms with Gasteiger partial charge in [-0.2, -0.15) is 5.26 Å². The van der Waals surface area contributed by atoms with Gasteiger partial charge < -0.3 is 4.74 Å². The van der Waals surface area contributed by atoms with Gasteiger partial charge in [-0.3, -0.25) is 4.90 Å². The molecule has 2 rings (SSSR count). The molecule has 1 saturated heterocycles. The summed E-state index contributed by atoms with van der Waals surface area (Å²) in [6.07, 6.45) is 0.837. The third kappa shape index (κ3) is 5.05. The molecule has 7 heteroatoms. The minimum atomic E-state index is -3.01. The summed E-state index contributed by atoms with van der Waals surface area (Å²) in [6, 6.07) is 10.6. The highest BCUT2D eigenvalue weighted by atomic mass is 32.2. The average Bonchev–Trinajstić information content (AvgIpc) is 2.54. The molecule has 0 aromatic heterocycles. The maximum absolute atomic E-state index is 12.5. The van der Waals surface area contributed by atoms with Gasteiger partial charge in [0.1, 0.15) is 6.04 Å². The molecular weight excluding hydrogens is 316 g/mol. The fraction of sp³-hybridized carbons (Fsp3) is 0.500. The van der Waals surface area contributed by atoms with Crippen LogP contribution in [0.4, 0.5) is 0 Å². The number of esters is 1. The molecule has 0 spiro atoms. The largest absolute Gasteiger partial charge is 0.464 e. The van der Waals surface area contributed by atoms with Crippen molar-refractivity contribution in [3.8, 4) is 6.07 Å². The van der Waals surface area contributed by atoms with Gasteiger partial charge in [0.15, 0.2) is 9.84 Å². The van der Waals surface area contributed by atoms with E-state index < -0.39 is 21.8 Å². The molecule has 0 radical (unpaired) electrons. The fourth-order valence-electron chi connectivity index (χ4n) is 2.52. The molecule has 0 aliphatic carbocycles. The van der Waals surface area contributed by atoms with Crippen molar-refractivity contribution in [2.45, 2.75) is 18.9 Å². The van der Waals surface area contributed by atoms with E-state index in [4.69, 9.17) is 10.00 Å². The Labute approximate surface area is 136 Å². The molecule has 124 valence electrons. The van der Waals surface area contributed by atoms with Crippen molar-refractivity contribution < 1.29 is 17.9 Å². The minimum Gasteiger partial charge on any atom is -0.464 e. The Morgan fingerprint density at radius 2 is 1.91 bits per heavy atom. The zero-order valence-electron chi connectivity index (χ0n) is 12.8. The summed E-state index contributed by atoms with van der Waals surface area (Å²) in [7, 11) is -3.01. The monoisotopic (exact) mass is 336 g/mol. The summed E-state index contributed by atoms with van der Waals surface area (Å²) in [6.45, 7) is 0.826. The number of nitrogens with zero attached hydrogens (tertiary/aromatic N) is 2. The van der Waals surface area contributed by atoms with E-state index in [-0.39, 0.29) is 18.1 Å². The van der Waals surface area contributed by atoms with Crippen molar-refractivity contribution in [3.05, 3.63) is 35.9 Å². The number of carbonyl (C=O) groups excluding carboxylic acids is 1. The van der Waals surface area contributed by atoms with Crippen LogP contribution in [0, 0.1) is 11.3 Å². The number of ether oxygens (including phenoxy) is 1. The highest BCUT2D eigenvalue weighted by Gasteiger charge is 2.33. The molecule has 1 aromatic rings. The lowest BCUT2D eigenvalue weighted by atomic mass is 10.1. The quantitative estimate of drug-likeness (QED) is 0.575. The third-order valence-electron chi connectivity index (χ3n) is 3.76. The average molecular weight is 336 g/mol. The molecule has 0 amide bonds. The lowest BCUT2D eigenvalue weighted by molar-refractivity contribution is -0.150. The first-order chi connectivity index (χ1) is 11.0. The Hall–Kier alpha value is -1.91. The molecule has 0 saturated carbocycles. The molecular formula is C16H20N2O4S. The highest BCUT2D eigenvalue weighted by Crippen LogP contribution is 2.24. The molecule has 1 atom stereocenters. The predicted octanol–water partition coefficient (Wildman–Crippen LogP) is 1.31. The van der Waals surface area contributed by atoms with Crippen LogP contribution in [0.2, 0.25) is 0 Å². The Kier molecular flexibility index (Phi) is 6.13. The summed E-state index contributed by atoms with van der Waals surface area (Å²) >= 11 is 0. The first kappa shape index (κ1) is 17.4. The van der Waals surface area contributed by atoms with Crippen LogP contribution < -0.4 is 0 Å². The van der Waals surface area contributed by atoms with Crippen molar-refractivity contribution in [3.63, 3.8) is 0 Å². The van der Waals surface area contributed by atoms with Crippen LogP contribution in [-0.2, 0) is 19.4 Å². The van der Waals surface area contributed by atoms with Crippen molar-refractivity contribution >= 4 is 15.8 Å². The normalized spacial score (nSPS) is 18.7. The lowest BCUT2D eigenvalue weighted by Gasteiger charge is -2.33. The van der Waals surface area contributed by atoms with Crippen molar-refractivity contribution in [1.82, 2.24) is 4.90 Å². The number of unbranched alkanes of at least 4 members (excludes halogenated alkanes) is 1. The van der Waals surface area contributed by atoms with E-state index in [9.17, 15) is 13.2 Å². The van der Waals surface area contributed by atoms with Crippen LogP contribution in [0.1, 0.15) is 24.4 Å². The molecule has 1 aliphatic rings. The van der Waals surface area contributed by atoms with Crippen LogP contribution >= 0.6 is 0 Å². The molecule has 1 fully saturated rings. The molecule has 1 aliphatic heterocycles. The Morgan fingerprint density at radius 3 is 2.52 bits per heavy atom. The number of sulfone groups is 1. The van der Waals surface area contributed by atoms with E-state index >= 15 is 0 Å². The topological polar surface area (TPSA) is 87.5 Å². The smallest absolute Gasteiger partial charge is 0.328 e. The van der Waals surface area contributed by atoms with Gasteiger partial charge in [-0.1, -0.05) is 30.3 Å². The van der Waals surface area contributed by atoms with E-state index in [1.54, 1.807) is 0 Å². The number of hydrogen-bond acceptors (Lipinski definition) is 6. The fourth-order valence-corrected chi connectivity index (χ4v) is 3.75. The van der Waals surface area contributed by atoms with E-state index in [0.717, 1.165) is 5.56 Å². The van der Waals surface area contributed by atoms with Crippen molar-refractivity contribution in [1.29, 1.82) is 5.26 Å². The van der Waals surface area contributed by atoms with E-state index in [1.807, 2.05) is 41.3 Å². The highest BCUT2D eigenvalue weighted by molar-refractivity contribution is 7.91. The van der Waals surface area contributed by atoms with Gasteiger partial charge in [0, 0.05) is 19.5 Å². The van der Waals surface area contributed by atoms with Gasteiger partial charge in [0.2, 0.25) is 0 Å². The maximum atomic E-state index is 12.5. The van der Waals surface area contributed by atoms with E-state index in [1.165, 1.54) is 0 Å². The number of hydrogen-bond donors (Lipinski definition) is 0. The van der Waals surface area contributed by atoms with Gasteiger partial charge in [-0.05, 0) is 12.0 Å². The number of rotatable bonds is 6. The lowest BCUT2D eigenvalue weighted by Crippen LogP contribution is -2.45. The molecule has 6 nitrogen and oxygen atoms in total. The second kappa shape index (κ2) is 8.09.